The lowest BCUT2D eigenvalue weighted by atomic mass is 10.2. The van der Waals surface area contributed by atoms with Crippen molar-refractivity contribution in [1.29, 1.82) is 5.26 Å². The Morgan fingerprint density at radius 3 is 2.20 bits per heavy atom. The van der Waals surface area contributed by atoms with Gasteiger partial charge in [-0.25, -0.2) is 4.90 Å². The second kappa shape index (κ2) is 7.97. The van der Waals surface area contributed by atoms with Gasteiger partial charge in [-0.05, 0) is 24.3 Å². The van der Waals surface area contributed by atoms with E-state index in [0.717, 1.165) is 11.3 Å². The van der Waals surface area contributed by atoms with Crippen molar-refractivity contribution >= 4 is 29.6 Å². The van der Waals surface area contributed by atoms with Crippen molar-refractivity contribution < 1.29 is 14.4 Å². The predicted molar refractivity (Wildman–Crippen MR) is 91.9 cm³/mol. The van der Waals surface area contributed by atoms with Crippen LogP contribution < -0.4 is 10.6 Å². The molecule has 1 aromatic rings. The molecule has 1 aliphatic rings. The second-order valence-corrected chi connectivity index (χ2v) is 5.58. The fourth-order valence-electron chi connectivity index (χ4n) is 2.47. The molecular formula is C17H19N5O3. The van der Waals surface area contributed by atoms with Crippen LogP contribution in [0, 0.1) is 11.3 Å². The number of amides is 3. The highest BCUT2D eigenvalue weighted by Crippen LogP contribution is 2.19. The third kappa shape index (κ3) is 4.35. The van der Waals surface area contributed by atoms with Gasteiger partial charge in [0.15, 0.2) is 0 Å². The molecule has 0 aliphatic carbocycles. The molecule has 3 amide bonds. The topological polar surface area (TPSA) is 111 Å². The zero-order valence-corrected chi connectivity index (χ0v) is 13.9. The second-order valence-electron chi connectivity index (χ2n) is 5.58. The third-order valence-electron chi connectivity index (χ3n) is 3.83. The fraction of sp³-hybridized carbons (Fsp3) is 0.294. The molecule has 0 radical (unpaired) electrons. The quantitative estimate of drug-likeness (QED) is 0.366. The highest BCUT2D eigenvalue weighted by Gasteiger charge is 2.25. The van der Waals surface area contributed by atoms with E-state index in [0.29, 0.717) is 37.6 Å². The van der Waals surface area contributed by atoms with Crippen LogP contribution in [-0.2, 0) is 14.4 Å². The summed E-state index contributed by atoms with van der Waals surface area (Å²) in [6.07, 6.45) is 2.22. The molecule has 25 heavy (non-hydrogen) atoms. The zero-order chi connectivity index (χ0) is 18.4. The Hall–Kier alpha value is -3.34. The van der Waals surface area contributed by atoms with Crippen LogP contribution in [0.4, 0.5) is 11.4 Å². The summed E-state index contributed by atoms with van der Waals surface area (Å²) < 4.78 is 0. The number of carbonyl (C=O) groups is 3. The molecule has 0 atom stereocenters. The standard InChI is InChI=1S/C17H19N5O3/c1-13(24)22(16-4-2-15(19)3-5-16)17(25)14(10-18)11-20-6-8-21(12-23)9-7-20/h2-5,11-12H,6-9,19H2,1H3/b14-11-. The molecule has 0 saturated carbocycles. The summed E-state index contributed by atoms with van der Waals surface area (Å²) >= 11 is 0. The Kier molecular flexibility index (Phi) is 5.74. The van der Waals surface area contributed by atoms with Crippen molar-refractivity contribution in [2.45, 2.75) is 6.92 Å². The van der Waals surface area contributed by atoms with Crippen molar-refractivity contribution in [1.82, 2.24) is 9.80 Å². The van der Waals surface area contributed by atoms with Gasteiger partial charge in [-0.15, -0.1) is 0 Å². The number of anilines is 2. The number of nitrogens with two attached hydrogens (primary N) is 1. The molecule has 130 valence electrons. The smallest absolute Gasteiger partial charge is 0.277 e. The molecule has 1 aromatic carbocycles. The van der Waals surface area contributed by atoms with Gasteiger partial charge in [0, 0.05) is 45.0 Å². The summed E-state index contributed by atoms with van der Waals surface area (Å²) in [5, 5.41) is 9.36. The van der Waals surface area contributed by atoms with E-state index in [1.165, 1.54) is 13.1 Å². The van der Waals surface area contributed by atoms with Crippen LogP contribution >= 0.6 is 0 Å². The summed E-state index contributed by atoms with van der Waals surface area (Å²) in [5.41, 5.74) is 6.33. The molecule has 0 spiro atoms. The van der Waals surface area contributed by atoms with E-state index in [4.69, 9.17) is 5.73 Å². The summed E-state index contributed by atoms with van der Waals surface area (Å²) in [6.45, 7) is 3.31. The molecule has 1 aliphatic heterocycles. The first-order valence-electron chi connectivity index (χ1n) is 7.72. The van der Waals surface area contributed by atoms with E-state index in [9.17, 15) is 19.6 Å². The number of hydrogen-bond acceptors (Lipinski definition) is 6. The van der Waals surface area contributed by atoms with Gasteiger partial charge in [-0.3, -0.25) is 14.4 Å². The number of nitriles is 1. The lowest BCUT2D eigenvalue weighted by Crippen LogP contribution is -2.44. The molecule has 8 nitrogen and oxygen atoms in total. The van der Waals surface area contributed by atoms with Crippen LogP contribution in [0.5, 0.6) is 0 Å². The molecule has 0 bridgehead atoms. The fourth-order valence-corrected chi connectivity index (χ4v) is 2.47. The molecule has 2 N–H and O–H groups in total. The maximum Gasteiger partial charge on any atom is 0.277 e. The number of piperazine rings is 1. The zero-order valence-electron chi connectivity index (χ0n) is 13.9. The van der Waals surface area contributed by atoms with E-state index in [2.05, 4.69) is 0 Å². The summed E-state index contributed by atoms with van der Waals surface area (Å²) in [4.78, 5) is 39.7. The summed E-state index contributed by atoms with van der Waals surface area (Å²) in [5.74, 6) is -1.20. The summed E-state index contributed by atoms with van der Waals surface area (Å²) in [7, 11) is 0. The number of nitrogens with zero attached hydrogens (tertiary/aromatic N) is 4. The van der Waals surface area contributed by atoms with E-state index < -0.39 is 11.8 Å². The van der Waals surface area contributed by atoms with Gasteiger partial charge in [-0.2, -0.15) is 5.26 Å². The molecular weight excluding hydrogens is 322 g/mol. The van der Waals surface area contributed by atoms with Gasteiger partial charge in [0.1, 0.15) is 11.6 Å². The Labute approximate surface area is 145 Å². The van der Waals surface area contributed by atoms with Crippen LogP contribution in [0.1, 0.15) is 6.92 Å². The van der Waals surface area contributed by atoms with Gasteiger partial charge in [-0.1, -0.05) is 0 Å². The molecule has 0 aromatic heterocycles. The van der Waals surface area contributed by atoms with Crippen molar-refractivity contribution in [3.63, 3.8) is 0 Å². The maximum atomic E-state index is 12.7. The van der Waals surface area contributed by atoms with Crippen LogP contribution in [0.3, 0.4) is 0 Å². The Bertz CT molecular complexity index is 728. The minimum Gasteiger partial charge on any atom is -0.399 e. The number of imide groups is 1. The Morgan fingerprint density at radius 2 is 1.72 bits per heavy atom. The van der Waals surface area contributed by atoms with Crippen LogP contribution in [0.2, 0.25) is 0 Å². The maximum absolute atomic E-state index is 12.7. The van der Waals surface area contributed by atoms with Gasteiger partial charge in [0.05, 0.1) is 5.69 Å². The van der Waals surface area contributed by atoms with E-state index in [1.54, 1.807) is 34.1 Å². The van der Waals surface area contributed by atoms with Crippen molar-refractivity contribution in [2.24, 2.45) is 0 Å². The molecule has 1 heterocycles. The van der Waals surface area contributed by atoms with Gasteiger partial charge < -0.3 is 15.5 Å². The lowest BCUT2D eigenvalue weighted by molar-refractivity contribution is -0.123. The van der Waals surface area contributed by atoms with E-state index >= 15 is 0 Å². The number of rotatable bonds is 4. The predicted octanol–water partition coefficient (Wildman–Crippen LogP) is 0.330. The number of benzene rings is 1. The number of hydrogen-bond donors (Lipinski definition) is 1. The average molecular weight is 341 g/mol. The first-order valence-corrected chi connectivity index (χ1v) is 7.72. The highest BCUT2D eigenvalue weighted by molar-refractivity contribution is 6.21. The molecule has 1 saturated heterocycles. The van der Waals surface area contributed by atoms with E-state index in [-0.39, 0.29) is 5.57 Å². The number of nitrogen functional groups attached to an aromatic ring is 1. The molecule has 2 rings (SSSR count). The van der Waals surface area contributed by atoms with Crippen LogP contribution in [0.25, 0.3) is 0 Å². The SMILES string of the molecule is CC(=O)N(C(=O)/C(C#N)=C\N1CCN(C=O)CC1)c1ccc(N)cc1. The highest BCUT2D eigenvalue weighted by atomic mass is 16.2. The van der Waals surface area contributed by atoms with Crippen LogP contribution in [-0.4, -0.2) is 54.2 Å². The average Bonchev–Trinajstić information content (AvgIpc) is 2.61. The summed E-state index contributed by atoms with van der Waals surface area (Å²) in [6, 6.07) is 8.11. The van der Waals surface area contributed by atoms with Crippen molar-refractivity contribution in [3.8, 4) is 6.07 Å². The Balaban J connectivity index is 2.22. The lowest BCUT2D eigenvalue weighted by Gasteiger charge is -2.32. The molecule has 0 unspecified atom stereocenters. The number of carbonyl (C=O) groups excluding carboxylic acids is 3. The minimum atomic E-state index is -0.697. The van der Waals surface area contributed by atoms with Crippen molar-refractivity contribution in [2.75, 3.05) is 36.8 Å². The van der Waals surface area contributed by atoms with E-state index in [1.807, 2.05) is 6.07 Å². The molecule has 8 heteroatoms. The normalized spacial score (nSPS) is 14.6. The third-order valence-corrected chi connectivity index (χ3v) is 3.83. The largest absolute Gasteiger partial charge is 0.399 e. The first kappa shape index (κ1) is 18.0. The minimum absolute atomic E-state index is 0.147. The Morgan fingerprint density at radius 1 is 1.16 bits per heavy atom. The van der Waals surface area contributed by atoms with Gasteiger partial charge in [0.2, 0.25) is 12.3 Å². The molecule has 1 fully saturated rings. The van der Waals surface area contributed by atoms with Gasteiger partial charge >= 0.3 is 0 Å². The van der Waals surface area contributed by atoms with Crippen molar-refractivity contribution in [3.05, 3.63) is 36.0 Å². The first-order chi connectivity index (χ1) is 12.0. The van der Waals surface area contributed by atoms with Gasteiger partial charge in [0.25, 0.3) is 5.91 Å². The van der Waals surface area contributed by atoms with Crippen LogP contribution in [0.15, 0.2) is 36.0 Å². The monoisotopic (exact) mass is 341 g/mol.